The minimum atomic E-state index is -0.564. The van der Waals surface area contributed by atoms with Crippen molar-refractivity contribution in [3.8, 4) is 5.75 Å². The highest BCUT2D eigenvalue weighted by Gasteiger charge is 2.34. The number of allylic oxidation sites excluding steroid dienone is 1. The zero-order valence-electron chi connectivity index (χ0n) is 18.4. The number of amides is 2. The van der Waals surface area contributed by atoms with Crippen molar-refractivity contribution in [1.29, 1.82) is 0 Å². The highest BCUT2D eigenvalue weighted by Crippen LogP contribution is 2.31. The Hall–Kier alpha value is -3.28. The molecule has 6 nitrogen and oxygen atoms in total. The number of rotatable bonds is 9. The zero-order valence-corrected chi connectivity index (χ0v) is 18.4. The van der Waals surface area contributed by atoms with E-state index in [0.29, 0.717) is 24.5 Å². The van der Waals surface area contributed by atoms with Gasteiger partial charge in [0.05, 0.1) is 18.2 Å². The lowest BCUT2D eigenvalue weighted by molar-refractivity contribution is -0.139. The number of hydrogen-bond acceptors (Lipinski definition) is 4. The Morgan fingerprint density at radius 1 is 1.06 bits per heavy atom. The SMILES string of the molecule is CCCCCOC(=O)C1=C(C)N(C)C(=O)NC1c1ccc(OCc2ccccc2)cc1. The van der Waals surface area contributed by atoms with Gasteiger partial charge in [0.1, 0.15) is 12.4 Å². The van der Waals surface area contributed by atoms with Crippen LogP contribution in [0.2, 0.25) is 0 Å². The van der Waals surface area contributed by atoms with Gasteiger partial charge >= 0.3 is 12.0 Å². The number of ether oxygens (including phenoxy) is 2. The molecule has 31 heavy (non-hydrogen) atoms. The van der Waals surface area contributed by atoms with Gasteiger partial charge < -0.3 is 19.7 Å². The first-order chi connectivity index (χ1) is 15.0. The predicted octanol–water partition coefficient (Wildman–Crippen LogP) is 4.97. The standard InChI is InChI=1S/C25H30N2O4/c1-4-5-9-16-30-24(28)22-18(2)27(3)25(29)26-23(22)20-12-14-21(15-13-20)31-17-19-10-7-6-8-11-19/h6-8,10-15,23H,4-5,9,16-17H2,1-3H3,(H,26,29). The fourth-order valence-electron chi connectivity index (χ4n) is 3.44. The molecule has 1 heterocycles. The summed E-state index contributed by atoms with van der Waals surface area (Å²) in [5, 5.41) is 2.91. The van der Waals surface area contributed by atoms with Gasteiger partial charge in [-0.1, -0.05) is 62.2 Å². The number of benzene rings is 2. The van der Waals surface area contributed by atoms with Crippen LogP contribution < -0.4 is 10.1 Å². The number of nitrogens with zero attached hydrogens (tertiary/aromatic N) is 1. The smallest absolute Gasteiger partial charge is 0.338 e. The number of carbonyl (C=O) groups is 2. The average Bonchev–Trinajstić information content (AvgIpc) is 2.79. The molecule has 164 valence electrons. The molecule has 2 aromatic rings. The molecule has 3 rings (SSSR count). The highest BCUT2D eigenvalue weighted by molar-refractivity contribution is 5.95. The molecule has 1 aliphatic heterocycles. The van der Waals surface area contributed by atoms with E-state index in [1.54, 1.807) is 14.0 Å². The van der Waals surface area contributed by atoms with Gasteiger partial charge in [0, 0.05) is 12.7 Å². The lowest BCUT2D eigenvalue weighted by Crippen LogP contribution is -2.46. The largest absolute Gasteiger partial charge is 0.489 e. The number of carbonyl (C=O) groups excluding carboxylic acids is 2. The quantitative estimate of drug-likeness (QED) is 0.458. The molecular formula is C25H30N2O4. The van der Waals surface area contributed by atoms with Crippen molar-refractivity contribution in [1.82, 2.24) is 10.2 Å². The Balaban J connectivity index is 1.74. The lowest BCUT2D eigenvalue weighted by Gasteiger charge is -2.33. The molecule has 0 aromatic heterocycles. The van der Waals surface area contributed by atoms with Gasteiger partial charge in [-0.3, -0.25) is 0 Å². The van der Waals surface area contributed by atoms with Gasteiger partial charge in [0.25, 0.3) is 0 Å². The van der Waals surface area contributed by atoms with Crippen LogP contribution in [-0.2, 0) is 16.1 Å². The first-order valence-electron chi connectivity index (χ1n) is 10.7. The van der Waals surface area contributed by atoms with E-state index >= 15 is 0 Å². The van der Waals surface area contributed by atoms with E-state index < -0.39 is 12.0 Å². The summed E-state index contributed by atoms with van der Waals surface area (Å²) < 4.78 is 11.3. The lowest BCUT2D eigenvalue weighted by atomic mass is 9.95. The molecule has 6 heteroatoms. The van der Waals surface area contributed by atoms with Crippen LogP contribution in [0.1, 0.15) is 50.3 Å². The molecule has 0 aliphatic carbocycles. The maximum Gasteiger partial charge on any atom is 0.338 e. The molecular weight excluding hydrogens is 392 g/mol. The van der Waals surface area contributed by atoms with E-state index in [2.05, 4.69) is 12.2 Å². The van der Waals surface area contributed by atoms with Gasteiger partial charge in [-0.15, -0.1) is 0 Å². The van der Waals surface area contributed by atoms with Crippen molar-refractivity contribution in [2.75, 3.05) is 13.7 Å². The fourth-order valence-corrected chi connectivity index (χ4v) is 3.44. The van der Waals surface area contributed by atoms with Gasteiger partial charge in [0.15, 0.2) is 0 Å². The minimum absolute atomic E-state index is 0.255. The molecule has 1 N–H and O–H groups in total. The number of nitrogens with one attached hydrogen (secondary N) is 1. The summed E-state index contributed by atoms with van der Waals surface area (Å²) in [5.74, 6) is 0.325. The van der Waals surface area contributed by atoms with Crippen LogP contribution in [0.5, 0.6) is 5.75 Å². The van der Waals surface area contributed by atoms with E-state index in [4.69, 9.17) is 9.47 Å². The van der Waals surface area contributed by atoms with E-state index in [-0.39, 0.29) is 6.03 Å². The van der Waals surface area contributed by atoms with Crippen LogP contribution in [0, 0.1) is 0 Å². The second kappa shape index (κ2) is 10.7. The summed E-state index contributed by atoms with van der Waals surface area (Å²) in [5.41, 5.74) is 2.93. The van der Waals surface area contributed by atoms with Gasteiger partial charge in [-0.05, 0) is 36.6 Å². The van der Waals surface area contributed by atoms with E-state index in [0.717, 1.165) is 36.1 Å². The third kappa shape index (κ3) is 5.66. The number of hydrogen-bond donors (Lipinski definition) is 1. The van der Waals surface area contributed by atoms with Crippen LogP contribution in [0.25, 0.3) is 0 Å². The topological polar surface area (TPSA) is 67.9 Å². The summed E-state index contributed by atoms with van der Waals surface area (Å²) in [7, 11) is 1.64. The molecule has 2 aromatic carbocycles. The Morgan fingerprint density at radius 2 is 1.77 bits per heavy atom. The highest BCUT2D eigenvalue weighted by atomic mass is 16.5. The Labute approximate surface area is 183 Å². The van der Waals surface area contributed by atoms with Gasteiger partial charge in [0.2, 0.25) is 0 Å². The number of unbranched alkanes of at least 4 members (excludes halogenated alkanes) is 2. The predicted molar refractivity (Wildman–Crippen MR) is 119 cm³/mol. The molecule has 0 saturated heterocycles. The summed E-state index contributed by atoms with van der Waals surface area (Å²) in [6, 6.07) is 16.6. The summed E-state index contributed by atoms with van der Waals surface area (Å²) >= 11 is 0. The molecule has 1 unspecified atom stereocenters. The Morgan fingerprint density at radius 3 is 2.45 bits per heavy atom. The molecule has 0 radical (unpaired) electrons. The molecule has 0 spiro atoms. The number of urea groups is 1. The first-order valence-corrected chi connectivity index (χ1v) is 10.7. The van der Waals surface area contributed by atoms with E-state index in [1.165, 1.54) is 4.90 Å². The van der Waals surface area contributed by atoms with Crippen molar-refractivity contribution >= 4 is 12.0 Å². The second-order valence-electron chi connectivity index (χ2n) is 7.63. The van der Waals surface area contributed by atoms with E-state index in [9.17, 15) is 9.59 Å². The third-order valence-electron chi connectivity index (χ3n) is 5.42. The summed E-state index contributed by atoms with van der Waals surface area (Å²) in [6.45, 7) is 4.72. The average molecular weight is 423 g/mol. The second-order valence-corrected chi connectivity index (χ2v) is 7.63. The zero-order chi connectivity index (χ0) is 22.2. The van der Waals surface area contributed by atoms with E-state index in [1.807, 2.05) is 54.6 Å². The normalized spacial score (nSPS) is 16.2. The van der Waals surface area contributed by atoms with Gasteiger partial charge in [-0.25, -0.2) is 9.59 Å². The maximum absolute atomic E-state index is 12.9. The van der Waals surface area contributed by atoms with Crippen molar-refractivity contribution < 1.29 is 19.1 Å². The molecule has 1 atom stereocenters. The van der Waals surface area contributed by atoms with Crippen LogP contribution in [-0.4, -0.2) is 30.6 Å². The van der Waals surface area contributed by atoms with Crippen LogP contribution in [0.3, 0.4) is 0 Å². The van der Waals surface area contributed by atoms with Crippen molar-refractivity contribution in [3.63, 3.8) is 0 Å². The van der Waals surface area contributed by atoms with Gasteiger partial charge in [-0.2, -0.15) is 0 Å². The molecule has 1 aliphatic rings. The van der Waals surface area contributed by atoms with Crippen LogP contribution in [0.15, 0.2) is 65.9 Å². The molecule has 0 saturated carbocycles. The Bertz CT molecular complexity index is 922. The van der Waals surface area contributed by atoms with Crippen molar-refractivity contribution in [2.45, 2.75) is 45.8 Å². The Kier molecular flexibility index (Phi) is 7.70. The third-order valence-corrected chi connectivity index (χ3v) is 5.42. The molecule has 2 amide bonds. The summed E-state index contributed by atoms with van der Waals surface area (Å²) in [6.07, 6.45) is 2.89. The van der Waals surface area contributed by atoms with Crippen LogP contribution >= 0.6 is 0 Å². The monoisotopic (exact) mass is 422 g/mol. The minimum Gasteiger partial charge on any atom is -0.489 e. The molecule has 0 bridgehead atoms. The van der Waals surface area contributed by atoms with Crippen LogP contribution in [0.4, 0.5) is 4.79 Å². The van der Waals surface area contributed by atoms with Crippen molar-refractivity contribution in [2.24, 2.45) is 0 Å². The van der Waals surface area contributed by atoms with Crippen molar-refractivity contribution in [3.05, 3.63) is 77.0 Å². The molecule has 0 fully saturated rings. The maximum atomic E-state index is 12.9. The number of esters is 1. The first kappa shape index (κ1) is 22.4. The summed E-state index contributed by atoms with van der Waals surface area (Å²) in [4.78, 5) is 26.7. The fraction of sp³-hybridized carbons (Fsp3) is 0.360.